The smallest absolute Gasteiger partial charge is 0.000245 e. The largest absolute Gasteiger partial charge is 0.0933 e. The molecule has 0 amide bonds. The lowest BCUT2D eigenvalue weighted by Gasteiger charge is -1.94. The summed E-state index contributed by atoms with van der Waals surface area (Å²) in [6.07, 6.45) is 9.90. The molecule has 0 aliphatic carbocycles. The molecule has 0 saturated heterocycles. The molecule has 0 aromatic heterocycles. The highest BCUT2D eigenvalue weighted by atomic mass is 35.5. The van der Waals surface area contributed by atoms with E-state index in [-0.39, 0.29) is 0 Å². The summed E-state index contributed by atoms with van der Waals surface area (Å²) in [5, 5.41) is 0. The first kappa shape index (κ1) is 10.0. The summed E-state index contributed by atoms with van der Waals surface area (Å²) in [6, 6.07) is 0. The van der Waals surface area contributed by atoms with E-state index < -0.39 is 0 Å². The minimum Gasteiger partial charge on any atom is -0.0933 e. The van der Waals surface area contributed by atoms with Gasteiger partial charge in [0.2, 0.25) is 0 Å². The zero-order valence-electron chi connectivity index (χ0n) is 6.78. The lowest BCUT2D eigenvalue weighted by atomic mass is 10.1. The van der Waals surface area contributed by atoms with Gasteiger partial charge in [-0.3, -0.25) is 0 Å². The molecule has 0 N–H and O–H groups in total. The fourth-order valence-corrected chi connectivity index (χ4v) is 1.05. The molecule has 0 spiro atoms. The standard InChI is InChI=1S/C9H17Cl/c1-2-3-4-5-6-7-8-9-10/h8-9H,2-7H2,1H3/b9-8+. The fourth-order valence-electron chi connectivity index (χ4n) is 0.929. The highest BCUT2D eigenvalue weighted by Gasteiger charge is 1.85. The van der Waals surface area contributed by atoms with E-state index in [1.807, 2.05) is 6.08 Å². The van der Waals surface area contributed by atoms with Crippen molar-refractivity contribution in [2.75, 3.05) is 0 Å². The van der Waals surface area contributed by atoms with Crippen LogP contribution in [0.4, 0.5) is 0 Å². The van der Waals surface area contributed by atoms with Gasteiger partial charge in [-0.05, 0) is 12.8 Å². The first-order valence-corrected chi connectivity index (χ1v) is 4.60. The van der Waals surface area contributed by atoms with Crippen LogP contribution < -0.4 is 0 Å². The lowest BCUT2D eigenvalue weighted by Crippen LogP contribution is -1.75. The molecule has 0 heterocycles. The van der Waals surface area contributed by atoms with Crippen LogP contribution in [0.2, 0.25) is 0 Å². The molecular formula is C9H17Cl. The van der Waals surface area contributed by atoms with Gasteiger partial charge in [-0.1, -0.05) is 50.3 Å². The Hall–Kier alpha value is 0.0300. The van der Waals surface area contributed by atoms with E-state index in [1.165, 1.54) is 32.1 Å². The summed E-state index contributed by atoms with van der Waals surface area (Å²) in [5.74, 6) is 0. The van der Waals surface area contributed by atoms with Crippen molar-refractivity contribution >= 4 is 11.6 Å². The molecule has 0 nitrogen and oxygen atoms in total. The van der Waals surface area contributed by atoms with Crippen LogP contribution in [0.1, 0.15) is 45.4 Å². The predicted molar refractivity (Wildman–Crippen MR) is 48.4 cm³/mol. The quantitative estimate of drug-likeness (QED) is 0.514. The van der Waals surface area contributed by atoms with Crippen molar-refractivity contribution in [3.05, 3.63) is 11.6 Å². The minimum absolute atomic E-state index is 1.15. The van der Waals surface area contributed by atoms with Crippen molar-refractivity contribution in [2.45, 2.75) is 45.4 Å². The molecule has 0 bridgehead atoms. The summed E-state index contributed by atoms with van der Waals surface area (Å²) in [6.45, 7) is 2.23. The first-order valence-electron chi connectivity index (χ1n) is 4.17. The number of halogens is 1. The van der Waals surface area contributed by atoms with Gasteiger partial charge in [-0.2, -0.15) is 0 Å². The van der Waals surface area contributed by atoms with Crippen LogP contribution in [-0.2, 0) is 0 Å². The number of hydrogen-bond acceptors (Lipinski definition) is 0. The zero-order valence-corrected chi connectivity index (χ0v) is 7.53. The number of allylic oxidation sites excluding steroid dienone is 1. The average Bonchev–Trinajstić information content (AvgIpc) is 1.97. The SMILES string of the molecule is CCCCCCC/C=C/Cl. The molecule has 10 heavy (non-hydrogen) atoms. The van der Waals surface area contributed by atoms with Crippen LogP contribution in [0.5, 0.6) is 0 Å². The second-order valence-electron chi connectivity index (χ2n) is 2.56. The Morgan fingerprint density at radius 2 is 1.80 bits per heavy atom. The molecule has 0 radical (unpaired) electrons. The zero-order chi connectivity index (χ0) is 7.66. The van der Waals surface area contributed by atoms with Gasteiger partial charge >= 0.3 is 0 Å². The van der Waals surface area contributed by atoms with Crippen LogP contribution in [0.25, 0.3) is 0 Å². The Kier molecular flexibility index (Phi) is 9.06. The van der Waals surface area contributed by atoms with Crippen LogP contribution in [0.3, 0.4) is 0 Å². The summed E-state index contributed by atoms with van der Waals surface area (Å²) < 4.78 is 0. The Balaban J connectivity index is 2.77. The Morgan fingerprint density at radius 1 is 1.10 bits per heavy atom. The van der Waals surface area contributed by atoms with Gasteiger partial charge in [0.1, 0.15) is 0 Å². The average molecular weight is 161 g/mol. The molecule has 0 atom stereocenters. The topological polar surface area (TPSA) is 0 Å². The van der Waals surface area contributed by atoms with Crippen LogP contribution in [0, 0.1) is 0 Å². The summed E-state index contributed by atoms with van der Waals surface area (Å²) in [4.78, 5) is 0. The molecule has 0 fully saturated rings. The first-order chi connectivity index (χ1) is 4.91. The van der Waals surface area contributed by atoms with E-state index in [4.69, 9.17) is 11.6 Å². The summed E-state index contributed by atoms with van der Waals surface area (Å²) in [5.41, 5.74) is 1.61. The Morgan fingerprint density at radius 3 is 2.40 bits per heavy atom. The third kappa shape index (κ3) is 8.03. The van der Waals surface area contributed by atoms with Crippen LogP contribution in [-0.4, -0.2) is 0 Å². The molecule has 0 rings (SSSR count). The third-order valence-electron chi connectivity index (χ3n) is 1.56. The second kappa shape index (κ2) is 9.03. The second-order valence-corrected chi connectivity index (χ2v) is 2.82. The van der Waals surface area contributed by atoms with Crippen molar-refractivity contribution in [3.63, 3.8) is 0 Å². The molecule has 0 aromatic rings. The molecule has 0 aliphatic rings. The van der Waals surface area contributed by atoms with Crippen molar-refractivity contribution in [1.29, 1.82) is 0 Å². The van der Waals surface area contributed by atoms with E-state index in [1.54, 1.807) is 5.54 Å². The fraction of sp³-hybridized carbons (Fsp3) is 0.778. The maximum atomic E-state index is 5.36. The maximum Gasteiger partial charge on any atom is 0.000245 e. The van der Waals surface area contributed by atoms with E-state index in [0.29, 0.717) is 0 Å². The Labute approximate surface area is 69.3 Å². The van der Waals surface area contributed by atoms with Gasteiger partial charge in [0.15, 0.2) is 0 Å². The number of unbranched alkanes of at least 4 members (excludes halogenated alkanes) is 5. The van der Waals surface area contributed by atoms with Crippen LogP contribution in [0.15, 0.2) is 11.6 Å². The Bertz CT molecular complexity index is 76.8. The van der Waals surface area contributed by atoms with Crippen molar-refractivity contribution < 1.29 is 0 Å². The van der Waals surface area contributed by atoms with Crippen LogP contribution >= 0.6 is 11.6 Å². The molecule has 0 saturated carbocycles. The normalized spacial score (nSPS) is 11.0. The van der Waals surface area contributed by atoms with Crippen molar-refractivity contribution in [2.24, 2.45) is 0 Å². The van der Waals surface area contributed by atoms with Gasteiger partial charge in [0.05, 0.1) is 0 Å². The third-order valence-corrected chi connectivity index (χ3v) is 1.74. The van der Waals surface area contributed by atoms with E-state index in [9.17, 15) is 0 Å². The highest BCUT2D eigenvalue weighted by Crippen LogP contribution is 2.05. The number of hydrogen-bond donors (Lipinski definition) is 0. The molecular weight excluding hydrogens is 144 g/mol. The molecule has 0 aromatic carbocycles. The summed E-state index contributed by atoms with van der Waals surface area (Å²) in [7, 11) is 0. The van der Waals surface area contributed by atoms with Crippen molar-refractivity contribution in [3.8, 4) is 0 Å². The number of rotatable bonds is 6. The van der Waals surface area contributed by atoms with Gasteiger partial charge in [0, 0.05) is 5.54 Å². The molecule has 60 valence electrons. The van der Waals surface area contributed by atoms with E-state index in [0.717, 1.165) is 6.42 Å². The minimum atomic E-state index is 1.15. The summed E-state index contributed by atoms with van der Waals surface area (Å²) >= 11 is 5.36. The predicted octanol–water partition coefficient (Wildman–Crippen LogP) is 4.10. The van der Waals surface area contributed by atoms with Crippen molar-refractivity contribution in [1.82, 2.24) is 0 Å². The maximum absolute atomic E-state index is 5.36. The van der Waals surface area contributed by atoms with E-state index in [2.05, 4.69) is 6.92 Å². The molecule has 1 heteroatoms. The highest BCUT2D eigenvalue weighted by molar-refractivity contribution is 6.25. The van der Waals surface area contributed by atoms with Gasteiger partial charge in [0.25, 0.3) is 0 Å². The molecule has 0 unspecified atom stereocenters. The van der Waals surface area contributed by atoms with Gasteiger partial charge in [-0.15, -0.1) is 0 Å². The van der Waals surface area contributed by atoms with Gasteiger partial charge < -0.3 is 0 Å². The monoisotopic (exact) mass is 160 g/mol. The molecule has 0 aliphatic heterocycles. The van der Waals surface area contributed by atoms with Gasteiger partial charge in [-0.25, -0.2) is 0 Å². The van der Waals surface area contributed by atoms with E-state index >= 15 is 0 Å². The lowest BCUT2D eigenvalue weighted by molar-refractivity contribution is 0.637.